The van der Waals surface area contributed by atoms with Crippen molar-refractivity contribution in [2.24, 2.45) is 5.92 Å². The predicted molar refractivity (Wildman–Crippen MR) is 75.2 cm³/mol. The van der Waals surface area contributed by atoms with Gasteiger partial charge in [-0.1, -0.05) is 19.9 Å². The highest BCUT2D eigenvalue weighted by molar-refractivity contribution is 6.00. The van der Waals surface area contributed by atoms with E-state index in [2.05, 4.69) is 5.32 Å². The van der Waals surface area contributed by atoms with Crippen molar-refractivity contribution in [2.75, 3.05) is 19.5 Å². The molecular formula is C14H22N2O3. The number of carbonyl (C=O) groups is 1. The first-order valence-corrected chi connectivity index (χ1v) is 6.35. The van der Waals surface area contributed by atoms with Gasteiger partial charge in [0.25, 0.3) is 5.91 Å². The number of methoxy groups -OCH3 is 1. The molecule has 0 aliphatic carbocycles. The second kappa shape index (κ2) is 6.99. The molecule has 0 saturated carbocycles. The molecule has 1 aromatic carbocycles. The van der Waals surface area contributed by atoms with Crippen LogP contribution in [0.15, 0.2) is 18.2 Å². The van der Waals surface area contributed by atoms with Gasteiger partial charge in [0.15, 0.2) is 0 Å². The van der Waals surface area contributed by atoms with Crippen molar-refractivity contribution < 1.29 is 14.6 Å². The smallest absolute Gasteiger partial charge is 0.253 e. The number of hydrogen-bond donors (Lipinski definition) is 3. The normalized spacial score (nSPS) is 12.3. The van der Waals surface area contributed by atoms with Gasteiger partial charge >= 0.3 is 0 Å². The molecule has 1 rings (SSSR count). The van der Waals surface area contributed by atoms with Crippen molar-refractivity contribution >= 4 is 11.6 Å². The molecule has 4 N–H and O–H groups in total. The first-order chi connectivity index (χ1) is 9.01. The molecule has 0 saturated heterocycles. The van der Waals surface area contributed by atoms with E-state index >= 15 is 0 Å². The van der Waals surface area contributed by atoms with E-state index in [1.807, 2.05) is 13.8 Å². The summed E-state index contributed by atoms with van der Waals surface area (Å²) in [5.74, 6) is 0.474. The molecule has 5 nitrogen and oxygen atoms in total. The molecule has 106 valence electrons. The third-order valence-electron chi connectivity index (χ3n) is 3.09. The van der Waals surface area contributed by atoms with Crippen molar-refractivity contribution in [1.82, 2.24) is 5.32 Å². The van der Waals surface area contributed by atoms with Gasteiger partial charge < -0.3 is 20.9 Å². The zero-order valence-electron chi connectivity index (χ0n) is 11.6. The maximum Gasteiger partial charge on any atom is 0.253 e. The van der Waals surface area contributed by atoms with E-state index in [0.717, 1.165) is 0 Å². The van der Waals surface area contributed by atoms with Crippen LogP contribution in [0, 0.1) is 5.92 Å². The summed E-state index contributed by atoms with van der Waals surface area (Å²) in [4.78, 5) is 12.2. The maximum absolute atomic E-state index is 12.2. The quantitative estimate of drug-likeness (QED) is 0.680. The van der Waals surface area contributed by atoms with Crippen molar-refractivity contribution in [3.63, 3.8) is 0 Å². The van der Waals surface area contributed by atoms with Crippen LogP contribution in [-0.2, 0) is 0 Å². The number of hydrogen-bond acceptors (Lipinski definition) is 4. The number of nitrogens with one attached hydrogen (secondary N) is 1. The Hall–Kier alpha value is -1.75. The lowest BCUT2D eigenvalue weighted by atomic mass is 10.0. The minimum Gasteiger partial charge on any atom is -0.495 e. The van der Waals surface area contributed by atoms with Crippen molar-refractivity contribution in [2.45, 2.75) is 26.3 Å². The fraction of sp³-hybridized carbons (Fsp3) is 0.500. The van der Waals surface area contributed by atoms with E-state index in [4.69, 9.17) is 15.6 Å². The van der Waals surface area contributed by atoms with Crippen LogP contribution in [0.3, 0.4) is 0 Å². The van der Waals surface area contributed by atoms with Crippen LogP contribution in [0.1, 0.15) is 30.6 Å². The number of carbonyl (C=O) groups excluding carboxylic acids is 1. The van der Waals surface area contributed by atoms with Crippen LogP contribution in [0.5, 0.6) is 5.75 Å². The Morgan fingerprint density at radius 1 is 1.47 bits per heavy atom. The average Bonchev–Trinajstić information content (AvgIpc) is 2.38. The molecule has 0 heterocycles. The lowest BCUT2D eigenvalue weighted by Crippen LogP contribution is -2.39. The number of nitrogens with two attached hydrogens (primary N) is 1. The van der Waals surface area contributed by atoms with Crippen molar-refractivity contribution in [3.8, 4) is 5.75 Å². The van der Waals surface area contributed by atoms with Gasteiger partial charge in [0.1, 0.15) is 5.75 Å². The monoisotopic (exact) mass is 266 g/mol. The second-order valence-electron chi connectivity index (χ2n) is 4.76. The molecule has 19 heavy (non-hydrogen) atoms. The Morgan fingerprint density at radius 3 is 2.68 bits per heavy atom. The van der Waals surface area contributed by atoms with Crippen LogP contribution in [-0.4, -0.2) is 30.8 Å². The standard InChI is InChI=1S/C14H22N2O3/c1-9(2)11(7-8-17)16-14(18)10-5-4-6-12(19-3)13(10)15/h4-6,9,11,17H,7-8,15H2,1-3H3,(H,16,18). The Morgan fingerprint density at radius 2 is 2.16 bits per heavy atom. The van der Waals surface area contributed by atoms with Crippen LogP contribution < -0.4 is 15.8 Å². The Kier molecular flexibility index (Phi) is 5.63. The lowest BCUT2D eigenvalue weighted by molar-refractivity contribution is 0.0917. The highest BCUT2D eigenvalue weighted by Crippen LogP contribution is 2.24. The number of aliphatic hydroxyl groups is 1. The summed E-state index contributed by atoms with van der Waals surface area (Å²) in [7, 11) is 1.51. The van der Waals surface area contributed by atoms with Crippen LogP contribution in [0.2, 0.25) is 0 Å². The summed E-state index contributed by atoms with van der Waals surface area (Å²) in [5.41, 5.74) is 6.60. The largest absolute Gasteiger partial charge is 0.495 e. The van der Waals surface area contributed by atoms with Crippen molar-refractivity contribution in [3.05, 3.63) is 23.8 Å². The van der Waals surface area contributed by atoms with Gasteiger partial charge in [-0.2, -0.15) is 0 Å². The molecular weight excluding hydrogens is 244 g/mol. The fourth-order valence-electron chi connectivity index (χ4n) is 1.88. The molecule has 0 bridgehead atoms. The number of nitrogen functional groups attached to an aromatic ring is 1. The molecule has 1 aromatic rings. The number of aliphatic hydroxyl groups excluding tert-OH is 1. The van der Waals surface area contributed by atoms with Gasteiger partial charge in [-0.3, -0.25) is 4.79 Å². The summed E-state index contributed by atoms with van der Waals surface area (Å²) in [6.07, 6.45) is 0.521. The molecule has 0 aliphatic rings. The van der Waals surface area contributed by atoms with Crippen molar-refractivity contribution in [1.29, 1.82) is 0 Å². The van der Waals surface area contributed by atoms with E-state index in [0.29, 0.717) is 23.4 Å². The Bertz CT molecular complexity index is 433. The molecule has 5 heteroatoms. The molecule has 1 amide bonds. The lowest BCUT2D eigenvalue weighted by Gasteiger charge is -2.22. The first-order valence-electron chi connectivity index (χ1n) is 6.35. The van der Waals surface area contributed by atoms with Gasteiger partial charge in [0.05, 0.1) is 18.4 Å². The molecule has 0 aliphatic heterocycles. The zero-order valence-corrected chi connectivity index (χ0v) is 11.6. The number of benzene rings is 1. The second-order valence-corrected chi connectivity index (χ2v) is 4.76. The third kappa shape index (κ3) is 3.86. The molecule has 1 unspecified atom stereocenters. The summed E-state index contributed by atoms with van der Waals surface area (Å²) in [6, 6.07) is 5.01. The number of rotatable bonds is 6. The Labute approximate surface area is 113 Å². The average molecular weight is 266 g/mol. The van der Waals surface area contributed by atoms with E-state index in [1.54, 1.807) is 18.2 Å². The maximum atomic E-state index is 12.2. The topological polar surface area (TPSA) is 84.6 Å². The van der Waals surface area contributed by atoms with Gasteiger partial charge in [-0.15, -0.1) is 0 Å². The SMILES string of the molecule is COc1cccc(C(=O)NC(CCO)C(C)C)c1N. The zero-order chi connectivity index (χ0) is 14.4. The molecule has 0 radical (unpaired) electrons. The highest BCUT2D eigenvalue weighted by Gasteiger charge is 2.19. The van der Waals surface area contributed by atoms with Gasteiger partial charge in [0.2, 0.25) is 0 Å². The van der Waals surface area contributed by atoms with Gasteiger partial charge in [-0.05, 0) is 24.5 Å². The summed E-state index contributed by atoms with van der Waals surface area (Å²) in [5, 5.41) is 11.9. The van der Waals surface area contributed by atoms with E-state index in [9.17, 15) is 4.79 Å². The number of anilines is 1. The minimum atomic E-state index is -0.247. The van der Waals surface area contributed by atoms with Gasteiger partial charge in [-0.25, -0.2) is 0 Å². The summed E-state index contributed by atoms with van der Waals surface area (Å²) >= 11 is 0. The van der Waals surface area contributed by atoms with E-state index in [-0.39, 0.29) is 24.5 Å². The Balaban J connectivity index is 2.88. The number of para-hydroxylation sites is 1. The predicted octanol–water partition coefficient (Wildman–Crippen LogP) is 1.41. The number of ether oxygens (including phenoxy) is 1. The fourth-order valence-corrected chi connectivity index (χ4v) is 1.88. The summed E-state index contributed by atoms with van der Waals surface area (Å²) < 4.78 is 5.09. The van der Waals surface area contributed by atoms with Crippen LogP contribution in [0.4, 0.5) is 5.69 Å². The van der Waals surface area contributed by atoms with E-state index in [1.165, 1.54) is 7.11 Å². The summed E-state index contributed by atoms with van der Waals surface area (Å²) in [6.45, 7) is 4.03. The van der Waals surface area contributed by atoms with E-state index < -0.39 is 0 Å². The first kappa shape index (κ1) is 15.3. The third-order valence-corrected chi connectivity index (χ3v) is 3.09. The molecule has 0 aromatic heterocycles. The molecule has 1 atom stereocenters. The van der Waals surface area contributed by atoms with Crippen LogP contribution >= 0.6 is 0 Å². The molecule has 0 fully saturated rings. The van der Waals surface area contributed by atoms with Gasteiger partial charge in [0, 0.05) is 12.6 Å². The molecule has 0 spiro atoms. The minimum absolute atomic E-state index is 0.0384. The van der Waals surface area contributed by atoms with Crippen LogP contribution in [0.25, 0.3) is 0 Å². The number of amides is 1. The highest BCUT2D eigenvalue weighted by atomic mass is 16.5.